The van der Waals surface area contributed by atoms with Crippen molar-refractivity contribution in [3.8, 4) is 0 Å². The minimum absolute atomic E-state index is 0.0948. The third-order valence-corrected chi connectivity index (χ3v) is 2.83. The number of hydrogen-bond donors (Lipinski definition) is 1. The highest BCUT2D eigenvalue weighted by Crippen LogP contribution is 2.27. The maximum absolute atomic E-state index is 13.5. The first kappa shape index (κ1) is 12.7. The molecule has 1 aliphatic carbocycles. The molecule has 1 N–H and O–H groups in total. The zero-order valence-corrected chi connectivity index (χ0v) is 9.98. The maximum atomic E-state index is 13.5. The molecule has 1 fully saturated rings. The van der Waals surface area contributed by atoms with Crippen LogP contribution in [0, 0.1) is 0 Å². The smallest absolute Gasteiger partial charge is 0.113 e. The van der Waals surface area contributed by atoms with Gasteiger partial charge in [-0.3, -0.25) is 0 Å². The first-order valence-electron chi connectivity index (χ1n) is 5.92. The Hall–Kier alpha value is -0.410. The van der Waals surface area contributed by atoms with Crippen molar-refractivity contribution in [1.29, 1.82) is 0 Å². The summed E-state index contributed by atoms with van der Waals surface area (Å²) in [6.07, 6.45) is 5.37. The maximum Gasteiger partial charge on any atom is 0.113 e. The van der Waals surface area contributed by atoms with Crippen LogP contribution in [-0.2, 0) is 0 Å². The van der Waals surface area contributed by atoms with Crippen LogP contribution < -0.4 is 5.32 Å². The predicted octanol–water partition coefficient (Wildman–Crippen LogP) is 2.33. The number of nitrogens with one attached hydrogen (secondary N) is 1. The molecule has 0 saturated heterocycles. The van der Waals surface area contributed by atoms with Crippen LogP contribution in [0.15, 0.2) is 11.4 Å². The van der Waals surface area contributed by atoms with Gasteiger partial charge in [0.05, 0.1) is 0 Å². The fraction of sp³-hybridized carbons (Fsp3) is 0.833. The van der Waals surface area contributed by atoms with Crippen molar-refractivity contribution in [2.75, 3.05) is 33.7 Å². The van der Waals surface area contributed by atoms with E-state index in [4.69, 9.17) is 0 Å². The average Bonchev–Trinajstić information content (AvgIpc) is 2.69. The van der Waals surface area contributed by atoms with E-state index in [0.29, 0.717) is 6.54 Å². The predicted molar refractivity (Wildman–Crippen MR) is 62.6 cm³/mol. The molecule has 0 aromatic rings. The lowest BCUT2D eigenvalue weighted by molar-refractivity contribution is 0.394. The van der Waals surface area contributed by atoms with E-state index in [1.807, 2.05) is 0 Å². The molecule has 3 heteroatoms. The summed E-state index contributed by atoms with van der Waals surface area (Å²) < 4.78 is 13.5. The van der Waals surface area contributed by atoms with Crippen LogP contribution in [0.1, 0.15) is 32.1 Å². The molecule has 1 saturated carbocycles. The summed E-state index contributed by atoms with van der Waals surface area (Å²) in [6, 6.07) is 0. The third-order valence-electron chi connectivity index (χ3n) is 2.83. The number of allylic oxidation sites excluding steroid dienone is 1. The van der Waals surface area contributed by atoms with Crippen molar-refractivity contribution in [3.63, 3.8) is 0 Å². The molecule has 0 radical (unpaired) electrons. The number of hydrogen-bond acceptors (Lipinski definition) is 2. The summed E-state index contributed by atoms with van der Waals surface area (Å²) in [4.78, 5) is 2.15. The second kappa shape index (κ2) is 6.96. The molecule has 0 bridgehead atoms. The van der Waals surface area contributed by atoms with Gasteiger partial charge in [-0.2, -0.15) is 0 Å². The summed E-state index contributed by atoms with van der Waals surface area (Å²) >= 11 is 0. The quantitative estimate of drug-likeness (QED) is 0.683. The fourth-order valence-electron chi connectivity index (χ4n) is 1.92. The molecule has 0 heterocycles. The van der Waals surface area contributed by atoms with Gasteiger partial charge in [0.2, 0.25) is 0 Å². The largest absolute Gasteiger partial charge is 0.310 e. The first-order chi connectivity index (χ1) is 7.20. The summed E-state index contributed by atoms with van der Waals surface area (Å²) in [5.41, 5.74) is 1.05. The van der Waals surface area contributed by atoms with Gasteiger partial charge in [-0.1, -0.05) is 0 Å². The molecule has 0 spiro atoms. The van der Waals surface area contributed by atoms with Gasteiger partial charge < -0.3 is 10.2 Å². The molecule has 15 heavy (non-hydrogen) atoms. The van der Waals surface area contributed by atoms with Crippen LogP contribution in [0.3, 0.4) is 0 Å². The van der Waals surface area contributed by atoms with Gasteiger partial charge in [0.1, 0.15) is 5.83 Å². The highest BCUT2D eigenvalue weighted by atomic mass is 19.1. The Labute approximate surface area is 92.5 Å². The highest BCUT2D eigenvalue weighted by molar-refractivity contribution is 5.12. The molecule has 0 unspecified atom stereocenters. The van der Waals surface area contributed by atoms with Gasteiger partial charge in [0.15, 0.2) is 0 Å². The van der Waals surface area contributed by atoms with Gasteiger partial charge in [-0.15, -0.1) is 0 Å². The molecule has 0 atom stereocenters. The van der Waals surface area contributed by atoms with Crippen molar-refractivity contribution in [2.45, 2.75) is 32.1 Å². The Bertz CT molecular complexity index is 204. The average molecular weight is 214 g/mol. The van der Waals surface area contributed by atoms with Crippen LogP contribution in [0.2, 0.25) is 0 Å². The van der Waals surface area contributed by atoms with Gasteiger partial charge >= 0.3 is 0 Å². The minimum atomic E-state index is 0.0948. The van der Waals surface area contributed by atoms with Crippen LogP contribution >= 0.6 is 0 Å². The van der Waals surface area contributed by atoms with Crippen molar-refractivity contribution in [1.82, 2.24) is 10.2 Å². The van der Waals surface area contributed by atoms with Crippen molar-refractivity contribution in [2.24, 2.45) is 0 Å². The van der Waals surface area contributed by atoms with E-state index >= 15 is 0 Å². The van der Waals surface area contributed by atoms with Crippen LogP contribution in [0.4, 0.5) is 4.39 Å². The van der Waals surface area contributed by atoms with Crippen molar-refractivity contribution < 1.29 is 4.39 Å². The van der Waals surface area contributed by atoms with E-state index in [2.05, 4.69) is 24.3 Å². The van der Waals surface area contributed by atoms with E-state index in [1.54, 1.807) is 0 Å². The Kier molecular flexibility index (Phi) is 5.88. The van der Waals surface area contributed by atoms with E-state index in [9.17, 15) is 4.39 Å². The summed E-state index contributed by atoms with van der Waals surface area (Å²) in [5.74, 6) is 0.0948. The summed E-state index contributed by atoms with van der Waals surface area (Å²) in [7, 11) is 4.11. The Morgan fingerprint density at radius 2 is 2.00 bits per heavy atom. The second-order valence-corrected chi connectivity index (χ2v) is 4.55. The SMILES string of the molecule is CN(C)CCCNCC(F)=C1CCCC1. The zero-order valence-electron chi connectivity index (χ0n) is 9.98. The molecule has 0 aromatic heterocycles. The van der Waals surface area contributed by atoms with Gasteiger partial charge in [-0.05, 0) is 64.9 Å². The Morgan fingerprint density at radius 3 is 2.60 bits per heavy atom. The minimum Gasteiger partial charge on any atom is -0.310 e. The lowest BCUT2D eigenvalue weighted by atomic mass is 10.2. The number of halogens is 1. The highest BCUT2D eigenvalue weighted by Gasteiger charge is 2.11. The molecule has 1 aliphatic rings. The Morgan fingerprint density at radius 1 is 1.33 bits per heavy atom. The van der Waals surface area contributed by atoms with Gasteiger partial charge in [0, 0.05) is 6.54 Å². The fourth-order valence-corrected chi connectivity index (χ4v) is 1.92. The third kappa shape index (κ3) is 5.28. The second-order valence-electron chi connectivity index (χ2n) is 4.55. The number of rotatable bonds is 6. The molecule has 1 rings (SSSR count). The standard InChI is InChI=1S/C12H23FN2/c1-15(2)9-5-8-14-10-12(13)11-6-3-4-7-11/h14H,3-10H2,1-2H3. The van der Waals surface area contributed by atoms with E-state index in [-0.39, 0.29) is 5.83 Å². The summed E-state index contributed by atoms with van der Waals surface area (Å²) in [6.45, 7) is 2.40. The van der Waals surface area contributed by atoms with Crippen molar-refractivity contribution in [3.05, 3.63) is 11.4 Å². The van der Waals surface area contributed by atoms with Crippen LogP contribution in [0.5, 0.6) is 0 Å². The Balaban J connectivity index is 2.06. The van der Waals surface area contributed by atoms with Crippen LogP contribution in [-0.4, -0.2) is 38.6 Å². The molecule has 88 valence electrons. The van der Waals surface area contributed by atoms with Crippen molar-refractivity contribution >= 4 is 0 Å². The monoisotopic (exact) mass is 214 g/mol. The topological polar surface area (TPSA) is 15.3 Å². The van der Waals surface area contributed by atoms with Crippen LogP contribution in [0.25, 0.3) is 0 Å². The number of nitrogens with zero attached hydrogens (tertiary/aromatic N) is 1. The molecule has 2 nitrogen and oxygen atoms in total. The molecule has 0 aromatic carbocycles. The normalized spacial score (nSPS) is 16.4. The van der Waals surface area contributed by atoms with Gasteiger partial charge in [-0.25, -0.2) is 4.39 Å². The van der Waals surface area contributed by atoms with E-state index < -0.39 is 0 Å². The van der Waals surface area contributed by atoms with Gasteiger partial charge in [0.25, 0.3) is 0 Å². The lowest BCUT2D eigenvalue weighted by Crippen LogP contribution is -2.22. The molecular formula is C12H23FN2. The van der Waals surface area contributed by atoms with E-state index in [1.165, 1.54) is 12.8 Å². The first-order valence-corrected chi connectivity index (χ1v) is 5.92. The molecular weight excluding hydrogens is 191 g/mol. The van der Waals surface area contributed by atoms with E-state index in [0.717, 1.165) is 37.9 Å². The lowest BCUT2D eigenvalue weighted by Gasteiger charge is -2.09. The summed E-state index contributed by atoms with van der Waals surface area (Å²) in [5, 5.41) is 3.16. The zero-order chi connectivity index (χ0) is 11.1. The molecule has 0 amide bonds. The molecule has 0 aliphatic heterocycles.